The highest BCUT2D eigenvalue weighted by Crippen LogP contribution is 2.35. The molecule has 3 aromatic rings. The molecule has 1 N–H and O–H groups in total. The van der Waals surface area contributed by atoms with Crippen molar-refractivity contribution in [1.82, 2.24) is 25.2 Å². The lowest BCUT2D eigenvalue weighted by molar-refractivity contribution is -0.140. The van der Waals surface area contributed by atoms with Gasteiger partial charge in [-0.25, -0.2) is 9.99 Å². The highest BCUT2D eigenvalue weighted by Gasteiger charge is 2.33. The molecule has 1 aliphatic rings. The quantitative estimate of drug-likeness (QED) is 0.553. The molecule has 0 atom stereocenters. The summed E-state index contributed by atoms with van der Waals surface area (Å²) in [6.07, 6.45) is -0.244. The number of carbonyl (C=O) groups excluding carboxylic acids is 1. The molecule has 0 saturated carbocycles. The molecule has 1 saturated heterocycles. The molecule has 0 radical (unpaired) electrons. The van der Waals surface area contributed by atoms with Gasteiger partial charge in [-0.3, -0.25) is 19.9 Å². The van der Waals surface area contributed by atoms with Crippen LogP contribution in [0, 0.1) is 0 Å². The average Bonchev–Trinajstić information content (AvgIpc) is 3.27. The highest BCUT2D eigenvalue weighted by atomic mass is 35.5. The summed E-state index contributed by atoms with van der Waals surface area (Å²) in [6.45, 7) is 1.85. The van der Waals surface area contributed by atoms with Gasteiger partial charge in [0.1, 0.15) is 5.69 Å². The monoisotopic (exact) mass is 494 g/mol. The molecule has 34 heavy (non-hydrogen) atoms. The molecule has 1 fully saturated rings. The van der Waals surface area contributed by atoms with E-state index in [1.807, 2.05) is 0 Å². The van der Waals surface area contributed by atoms with Gasteiger partial charge in [0.2, 0.25) is 0 Å². The lowest BCUT2D eigenvalue weighted by Gasteiger charge is -2.28. The number of aliphatic imine (C=N–C) groups is 1. The average molecular weight is 495 g/mol. The highest BCUT2D eigenvalue weighted by molar-refractivity contribution is 6.31. The van der Waals surface area contributed by atoms with Crippen molar-refractivity contribution in [3.8, 4) is 0 Å². The summed E-state index contributed by atoms with van der Waals surface area (Å²) < 4.78 is 46.8. The maximum absolute atomic E-state index is 13.4. The van der Waals surface area contributed by atoms with Crippen LogP contribution in [-0.2, 0) is 17.5 Å². The second kappa shape index (κ2) is 10.1. The molecule has 1 aliphatic heterocycles. The number of pyridine rings is 1. The first kappa shape index (κ1) is 24.1. The Hall–Kier alpha value is -3.02. The SMILES string of the molecule is COCCn1cc(C(=O)NN2CCC/C(=N\c3cc(C(F)(F)F)nc4ccc(Cl)cc34)C2)cn1. The van der Waals surface area contributed by atoms with Crippen molar-refractivity contribution in [2.24, 2.45) is 4.99 Å². The van der Waals surface area contributed by atoms with Crippen LogP contribution >= 0.6 is 11.6 Å². The summed E-state index contributed by atoms with van der Waals surface area (Å²) in [5, 5.41) is 6.62. The molecule has 180 valence electrons. The number of hydrogen-bond acceptors (Lipinski definition) is 6. The van der Waals surface area contributed by atoms with Crippen LogP contribution in [0.2, 0.25) is 5.02 Å². The van der Waals surface area contributed by atoms with Crippen LogP contribution in [0.5, 0.6) is 0 Å². The normalized spacial score (nSPS) is 16.3. The number of piperidine rings is 1. The van der Waals surface area contributed by atoms with E-state index in [0.29, 0.717) is 54.2 Å². The number of carbonyl (C=O) groups is 1. The van der Waals surface area contributed by atoms with E-state index in [0.717, 1.165) is 6.07 Å². The Morgan fingerprint density at radius 2 is 2.15 bits per heavy atom. The Morgan fingerprint density at radius 3 is 2.91 bits per heavy atom. The standard InChI is InChI=1S/C22H22ClF3N6O2/c1-34-8-7-31-12-14(11-27-31)21(33)30-32-6-2-3-16(13-32)28-19-10-20(22(24,25)26)29-18-5-4-15(23)9-17(18)19/h4-5,9-12H,2-3,6-8,13H2,1H3,(H,30,33)/b28-16+. The van der Waals surface area contributed by atoms with Crippen LogP contribution in [0.4, 0.5) is 18.9 Å². The Labute approximate surface area is 198 Å². The van der Waals surface area contributed by atoms with Gasteiger partial charge in [0.05, 0.1) is 42.7 Å². The predicted molar refractivity (Wildman–Crippen MR) is 121 cm³/mol. The smallest absolute Gasteiger partial charge is 0.383 e. The van der Waals surface area contributed by atoms with Gasteiger partial charge in [0, 0.05) is 36.0 Å². The van der Waals surface area contributed by atoms with E-state index in [4.69, 9.17) is 16.3 Å². The fourth-order valence-corrected chi connectivity index (χ4v) is 3.80. The lowest BCUT2D eigenvalue weighted by atomic mass is 10.1. The molecule has 1 aromatic carbocycles. The molecule has 0 aliphatic carbocycles. The van der Waals surface area contributed by atoms with Crippen molar-refractivity contribution in [1.29, 1.82) is 0 Å². The number of aromatic nitrogens is 3. The minimum absolute atomic E-state index is 0.141. The third-order valence-corrected chi connectivity index (χ3v) is 5.50. The summed E-state index contributed by atoms with van der Waals surface area (Å²) in [6, 6.07) is 5.41. The fraction of sp³-hybridized carbons (Fsp3) is 0.364. The Kier molecular flexibility index (Phi) is 7.15. The van der Waals surface area contributed by atoms with Crippen molar-refractivity contribution in [3.63, 3.8) is 0 Å². The molecule has 0 bridgehead atoms. The zero-order chi connectivity index (χ0) is 24.3. The third-order valence-electron chi connectivity index (χ3n) is 5.26. The number of nitrogens with one attached hydrogen (secondary N) is 1. The lowest BCUT2D eigenvalue weighted by Crippen LogP contribution is -2.47. The third kappa shape index (κ3) is 5.72. The van der Waals surface area contributed by atoms with Gasteiger partial charge >= 0.3 is 6.18 Å². The molecule has 0 unspecified atom stereocenters. The van der Waals surface area contributed by atoms with E-state index in [-0.39, 0.29) is 23.7 Å². The molecule has 12 heteroatoms. The molecular formula is C22H22ClF3N6O2. The maximum atomic E-state index is 13.4. The largest absolute Gasteiger partial charge is 0.433 e. The first-order valence-electron chi connectivity index (χ1n) is 10.5. The maximum Gasteiger partial charge on any atom is 0.433 e. The van der Waals surface area contributed by atoms with Gasteiger partial charge in [-0.15, -0.1) is 0 Å². The van der Waals surface area contributed by atoms with Gasteiger partial charge in [-0.2, -0.15) is 18.3 Å². The van der Waals surface area contributed by atoms with Gasteiger partial charge in [-0.05, 0) is 37.1 Å². The molecule has 0 spiro atoms. The summed E-state index contributed by atoms with van der Waals surface area (Å²) in [7, 11) is 1.58. The van der Waals surface area contributed by atoms with Gasteiger partial charge in [0.25, 0.3) is 5.91 Å². The second-order valence-electron chi connectivity index (χ2n) is 7.81. The van der Waals surface area contributed by atoms with Gasteiger partial charge < -0.3 is 4.74 Å². The van der Waals surface area contributed by atoms with Crippen molar-refractivity contribution in [2.75, 3.05) is 26.8 Å². The zero-order valence-electron chi connectivity index (χ0n) is 18.3. The van der Waals surface area contributed by atoms with E-state index in [9.17, 15) is 18.0 Å². The number of halogens is 4. The number of hydrazine groups is 1. The van der Waals surface area contributed by atoms with E-state index in [2.05, 4.69) is 20.5 Å². The molecular weight excluding hydrogens is 473 g/mol. The summed E-state index contributed by atoms with van der Waals surface area (Å²) in [5.74, 6) is -0.328. The molecule has 4 rings (SSSR count). The summed E-state index contributed by atoms with van der Waals surface area (Å²) in [4.78, 5) is 20.8. The van der Waals surface area contributed by atoms with Crippen molar-refractivity contribution in [2.45, 2.75) is 25.6 Å². The first-order chi connectivity index (χ1) is 16.2. The number of nitrogens with zero attached hydrogens (tertiary/aromatic N) is 5. The van der Waals surface area contributed by atoms with Crippen LogP contribution < -0.4 is 5.43 Å². The molecule has 1 amide bonds. The molecule has 8 nitrogen and oxygen atoms in total. The number of methoxy groups -OCH3 is 1. The van der Waals surface area contributed by atoms with Crippen molar-refractivity contribution >= 4 is 39.8 Å². The second-order valence-corrected chi connectivity index (χ2v) is 8.25. The minimum atomic E-state index is -4.61. The number of amides is 1. The Bertz CT molecular complexity index is 1230. The van der Waals surface area contributed by atoms with Crippen molar-refractivity contribution < 1.29 is 22.7 Å². The number of ether oxygens (including phenoxy) is 1. The van der Waals surface area contributed by atoms with Gasteiger partial charge in [0.15, 0.2) is 0 Å². The number of alkyl halides is 3. The number of hydrogen-bond donors (Lipinski definition) is 1. The summed E-state index contributed by atoms with van der Waals surface area (Å²) in [5.41, 5.74) is 3.13. The molecule has 3 heterocycles. The predicted octanol–water partition coefficient (Wildman–Crippen LogP) is 4.26. The van der Waals surface area contributed by atoms with Crippen LogP contribution in [-0.4, -0.2) is 58.2 Å². The Balaban J connectivity index is 1.54. The van der Waals surface area contributed by atoms with Crippen LogP contribution in [0.15, 0.2) is 41.7 Å². The van der Waals surface area contributed by atoms with Crippen LogP contribution in [0.1, 0.15) is 28.9 Å². The van der Waals surface area contributed by atoms with E-state index in [1.54, 1.807) is 29.1 Å². The minimum Gasteiger partial charge on any atom is -0.383 e. The Morgan fingerprint density at radius 1 is 1.32 bits per heavy atom. The molecule has 2 aromatic heterocycles. The number of rotatable bonds is 6. The number of benzene rings is 1. The summed E-state index contributed by atoms with van der Waals surface area (Å²) >= 11 is 6.06. The van der Waals surface area contributed by atoms with Crippen LogP contribution in [0.3, 0.4) is 0 Å². The van der Waals surface area contributed by atoms with Crippen molar-refractivity contribution in [3.05, 3.63) is 52.9 Å². The zero-order valence-corrected chi connectivity index (χ0v) is 19.0. The van der Waals surface area contributed by atoms with E-state index < -0.39 is 11.9 Å². The van der Waals surface area contributed by atoms with E-state index >= 15 is 0 Å². The first-order valence-corrected chi connectivity index (χ1v) is 10.9. The van der Waals surface area contributed by atoms with Crippen LogP contribution in [0.25, 0.3) is 10.9 Å². The van der Waals surface area contributed by atoms with Gasteiger partial charge in [-0.1, -0.05) is 11.6 Å². The number of fused-ring (bicyclic) bond motifs is 1. The fourth-order valence-electron chi connectivity index (χ4n) is 3.62. The van der Waals surface area contributed by atoms with E-state index in [1.165, 1.54) is 18.3 Å². The topological polar surface area (TPSA) is 84.6 Å².